The second-order valence-corrected chi connectivity index (χ2v) is 7.73. The Morgan fingerprint density at radius 2 is 2.10 bits per heavy atom. The van der Waals surface area contributed by atoms with Crippen molar-refractivity contribution in [3.05, 3.63) is 69.6 Å². The third kappa shape index (κ3) is 5.71. The van der Waals surface area contributed by atoms with Crippen LogP contribution in [0.2, 0.25) is 0 Å². The number of fused-ring (bicyclic) bond motifs is 1. The first-order chi connectivity index (χ1) is 14.8. The molecule has 0 aliphatic carbocycles. The van der Waals surface area contributed by atoms with Crippen LogP contribution in [-0.2, 0) is 10.2 Å². The van der Waals surface area contributed by atoms with Crippen molar-refractivity contribution in [3.63, 3.8) is 0 Å². The molecule has 3 aromatic rings. The average molecular weight is 419 g/mol. The van der Waals surface area contributed by atoms with E-state index in [1.165, 1.54) is 0 Å². The van der Waals surface area contributed by atoms with E-state index in [0.717, 1.165) is 10.9 Å². The van der Waals surface area contributed by atoms with Crippen molar-refractivity contribution < 1.29 is 18.8 Å². The zero-order valence-electron chi connectivity index (χ0n) is 17.9. The number of ether oxygens (including phenoxy) is 2. The van der Waals surface area contributed by atoms with Crippen LogP contribution in [0, 0.1) is 28.2 Å². The van der Waals surface area contributed by atoms with E-state index < -0.39 is 4.92 Å². The second-order valence-electron chi connectivity index (χ2n) is 7.73. The van der Waals surface area contributed by atoms with E-state index in [2.05, 4.69) is 23.0 Å². The Morgan fingerprint density at radius 1 is 1.29 bits per heavy atom. The predicted molar refractivity (Wildman–Crippen MR) is 118 cm³/mol. The maximum absolute atomic E-state index is 11.3. The van der Waals surface area contributed by atoms with E-state index in [1.807, 2.05) is 52.0 Å². The number of furan rings is 1. The number of nitro groups is 1. The van der Waals surface area contributed by atoms with Crippen LogP contribution in [0.4, 0.5) is 5.82 Å². The molecule has 0 atom stereocenters. The van der Waals surface area contributed by atoms with Gasteiger partial charge in [-0.1, -0.05) is 32.6 Å². The van der Waals surface area contributed by atoms with Crippen molar-refractivity contribution in [2.45, 2.75) is 33.1 Å². The molecule has 0 aliphatic heterocycles. The number of aromatic nitrogens is 1. The van der Waals surface area contributed by atoms with Gasteiger partial charge in [0.15, 0.2) is 6.79 Å². The molecule has 0 bridgehead atoms. The number of rotatable bonds is 6. The molecule has 0 N–H and O–H groups in total. The molecule has 31 heavy (non-hydrogen) atoms. The fraction of sp³-hybridized carbons (Fsp3) is 0.292. The maximum atomic E-state index is 11.3. The number of allylic oxidation sites excluding steroid dienone is 1. The Morgan fingerprint density at radius 3 is 2.81 bits per heavy atom. The Labute approximate surface area is 180 Å². The highest BCUT2D eigenvalue weighted by Gasteiger charge is 2.22. The van der Waals surface area contributed by atoms with Gasteiger partial charge in [-0.25, -0.2) is 0 Å². The van der Waals surface area contributed by atoms with Crippen LogP contribution in [0.15, 0.2) is 40.8 Å². The molecule has 0 spiro atoms. The van der Waals surface area contributed by atoms with Crippen LogP contribution in [0.3, 0.4) is 0 Å². The Hall–Kier alpha value is -3.63. The summed E-state index contributed by atoms with van der Waals surface area (Å²) in [4.78, 5) is 14.6. The molecule has 3 rings (SSSR count). The van der Waals surface area contributed by atoms with Crippen molar-refractivity contribution in [2.75, 3.05) is 13.4 Å². The zero-order chi connectivity index (χ0) is 22.4. The van der Waals surface area contributed by atoms with Gasteiger partial charge in [0.2, 0.25) is 6.20 Å². The van der Waals surface area contributed by atoms with Crippen LogP contribution >= 0.6 is 0 Å². The molecule has 0 saturated carbocycles. The van der Waals surface area contributed by atoms with Crippen molar-refractivity contribution in [2.24, 2.45) is 0 Å². The third-order valence-electron chi connectivity index (χ3n) is 4.35. The van der Waals surface area contributed by atoms with Crippen LogP contribution in [0.25, 0.3) is 17.0 Å². The summed E-state index contributed by atoms with van der Waals surface area (Å²) in [6.45, 7) is 8.63. The van der Waals surface area contributed by atoms with Crippen LogP contribution in [0.1, 0.15) is 44.6 Å². The van der Waals surface area contributed by atoms with Crippen molar-refractivity contribution in [3.8, 4) is 17.6 Å². The highest BCUT2D eigenvalue weighted by Crippen LogP contribution is 2.26. The molecule has 2 heterocycles. The van der Waals surface area contributed by atoms with Gasteiger partial charge in [0.25, 0.3) is 0 Å². The number of nitrogens with zero attached hydrogens (tertiary/aromatic N) is 2. The molecular formula is C24H23N2O5. The van der Waals surface area contributed by atoms with Crippen LogP contribution in [0.5, 0.6) is 5.75 Å². The summed E-state index contributed by atoms with van der Waals surface area (Å²) in [5, 5.41) is 12.1. The summed E-state index contributed by atoms with van der Waals surface area (Å²) in [6.07, 6.45) is 6.03. The first-order valence-electron chi connectivity index (χ1n) is 9.77. The minimum Gasteiger partial charge on any atom is -0.468 e. The lowest BCUT2D eigenvalue weighted by atomic mass is 9.87. The summed E-state index contributed by atoms with van der Waals surface area (Å²) in [5.41, 5.74) is 1.48. The van der Waals surface area contributed by atoms with Gasteiger partial charge in [0.1, 0.15) is 22.7 Å². The number of hydrogen-bond donors (Lipinski definition) is 0. The molecule has 0 saturated heterocycles. The maximum Gasteiger partial charge on any atom is 0.380 e. The molecule has 0 fully saturated rings. The second kappa shape index (κ2) is 9.45. The molecule has 0 aliphatic rings. The first kappa shape index (κ1) is 22.1. The SMILES string of the molecule is CCOCOc1ccc2oc(/C=C/C#Cc3cc(C(C)(C)C)[c]nc3[N+](=O)[O-])cc2c1. The fourth-order valence-electron chi connectivity index (χ4n) is 2.68. The van der Waals surface area contributed by atoms with Gasteiger partial charge in [0, 0.05) is 17.6 Å². The number of benzene rings is 1. The summed E-state index contributed by atoms with van der Waals surface area (Å²) in [5.74, 6) is 6.62. The lowest BCUT2D eigenvalue weighted by Crippen LogP contribution is -2.13. The molecule has 7 heteroatoms. The first-order valence-corrected chi connectivity index (χ1v) is 9.77. The van der Waals surface area contributed by atoms with E-state index in [-0.39, 0.29) is 23.6 Å². The van der Waals surface area contributed by atoms with Gasteiger partial charge in [0.05, 0.1) is 0 Å². The molecule has 0 amide bonds. The lowest BCUT2D eigenvalue weighted by Gasteiger charge is -2.16. The van der Waals surface area contributed by atoms with E-state index in [1.54, 1.807) is 18.2 Å². The van der Waals surface area contributed by atoms with Gasteiger partial charge < -0.3 is 24.0 Å². The minimum absolute atomic E-state index is 0.192. The zero-order valence-corrected chi connectivity index (χ0v) is 17.9. The van der Waals surface area contributed by atoms with E-state index in [9.17, 15) is 10.1 Å². The van der Waals surface area contributed by atoms with Crippen LogP contribution in [-0.4, -0.2) is 23.3 Å². The van der Waals surface area contributed by atoms with Gasteiger partial charge in [-0.15, -0.1) is 0 Å². The normalized spacial score (nSPS) is 11.5. The average Bonchev–Trinajstić information content (AvgIpc) is 3.12. The quantitative estimate of drug-likeness (QED) is 0.178. The van der Waals surface area contributed by atoms with E-state index >= 15 is 0 Å². The standard InChI is InChI=1S/C24H23N2O5/c1-5-29-16-30-20-10-11-22-18(13-20)14-21(31-22)9-7-6-8-17-12-19(24(2,3)4)15-25-23(17)26(27)28/h7,9-14H,5,16H2,1-4H3/b9-7+. The Kier molecular flexibility index (Phi) is 6.73. The fourth-order valence-corrected chi connectivity index (χ4v) is 2.68. The molecular weight excluding hydrogens is 396 g/mol. The van der Waals surface area contributed by atoms with E-state index in [0.29, 0.717) is 23.7 Å². The topological polar surface area (TPSA) is 87.6 Å². The monoisotopic (exact) mass is 419 g/mol. The summed E-state index contributed by atoms with van der Waals surface area (Å²) in [6, 6.07) is 9.02. The number of hydrogen-bond acceptors (Lipinski definition) is 6. The largest absolute Gasteiger partial charge is 0.468 e. The van der Waals surface area contributed by atoms with Crippen molar-refractivity contribution in [1.82, 2.24) is 4.98 Å². The molecule has 0 unspecified atom stereocenters. The summed E-state index contributed by atoms with van der Waals surface area (Å²) < 4.78 is 16.5. The molecule has 159 valence electrons. The van der Waals surface area contributed by atoms with Gasteiger partial charge in [-0.2, -0.15) is 0 Å². The van der Waals surface area contributed by atoms with Crippen LogP contribution < -0.4 is 4.74 Å². The molecule has 1 radical (unpaired) electrons. The predicted octanol–water partition coefficient (Wildman–Crippen LogP) is 5.27. The molecule has 7 nitrogen and oxygen atoms in total. The summed E-state index contributed by atoms with van der Waals surface area (Å²) in [7, 11) is 0. The van der Waals surface area contributed by atoms with Gasteiger partial charge in [-0.3, -0.25) is 0 Å². The lowest BCUT2D eigenvalue weighted by molar-refractivity contribution is -0.389. The van der Waals surface area contributed by atoms with E-state index in [4.69, 9.17) is 13.9 Å². The highest BCUT2D eigenvalue weighted by atomic mass is 16.7. The number of pyridine rings is 1. The molecule has 2 aromatic heterocycles. The molecule has 1 aromatic carbocycles. The van der Waals surface area contributed by atoms with Crippen molar-refractivity contribution in [1.29, 1.82) is 0 Å². The Bertz CT molecular complexity index is 1180. The van der Waals surface area contributed by atoms with Gasteiger partial charge >= 0.3 is 5.82 Å². The third-order valence-corrected chi connectivity index (χ3v) is 4.35. The van der Waals surface area contributed by atoms with Gasteiger partial charge in [-0.05, 0) is 64.7 Å². The van der Waals surface area contributed by atoms with Crippen molar-refractivity contribution >= 4 is 22.9 Å². The summed E-state index contributed by atoms with van der Waals surface area (Å²) >= 11 is 0. The highest BCUT2D eigenvalue weighted by molar-refractivity contribution is 5.81. The smallest absolute Gasteiger partial charge is 0.380 e. The minimum atomic E-state index is -0.554. The Balaban J connectivity index is 1.80.